The van der Waals surface area contributed by atoms with Crippen molar-refractivity contribution >= 4 is 11.6 Å². The van der Waals surface area contributed by atoms with Gasteiger partial charge in [0.2, 0.25) is 0 Å². The second-order valence-corrected chi connectivity index (χ2v) is 6.27. The van der Waals surface area contributed by atoms with Crippen molar-refractivity contribution in [3.63, 3.8) is 0 Å². The standard InChI is InChI=1S/C22H17ClN2O/c1-26-18-13-11-16(12-14-18)19-9-5-6-10-21(19)25-22(20(23)15-24-25)17-7-3-2-4-8-17/h2-15H,1H3. The van der Waals surface area contributed by atoms with E-state index in [4.69, 9.17) is 16.3 Å². The van der Waals surface area contributed by atoms with Crippen molar-refractivity contribution in [3.8, 4) is 33.8 Å². The van der Waals surface area contributed by atoms with Gasteiger partial charge in [-0.05, 0) is 23.8 Å². The fourth-order valence-corrected chi connectivity index (χ4v) is 3.27. The van der Waals surface area contributed by atoms with Crippen LogP contribution >= 0.6 is 11.6 Å². The van der Waals surface area contributed by atoms with E-state index in [9.17, 15) is 0 Å². The van der Waals surface area contributed by atoms with Crippen LogP contribution in [0.25, 0.3) is 28.1 Å². The van der Waals surface area contributed by atoms with Gasteiger partial charge in [-0.15, -0.1) is 0 Å². The molecule has 0 aliphatic heterocycles. The van der Waals surface area contributed by atoms with Crippen molar-refractivity contribution in [2.45, 2.75) is 0 Å². The quantitative estimate of drug-likeness (QED) is 0.455. The highest BCUT2D eigenvalue weighted by Gasteiger charge is 2.16. The number of halogens is 1. The van der Waals surface area contributed by atoms with Gasteiger partial charge in [0.05, 0.1) is 29.7 Å². The number of aromatic nitrogens is 2. The summed E-state index contributed by atoms with van der Waals surface area (Å²) < 4.78 is 7.17. The first-order valence-corrected chi connectivity index (χ1v) is 8.68. The zero-order chi connectivity index (χ0) is 17.9. The Balaban J connectivity index is 1.88. The van der Waals surface area contributed by atoms with Gasteiger partial charge in [0.15, 0.2) is 0 Å². The predicted molar refractivity (Wildman–Crippen MR) is 106 cm³/mol. The minimum Gasteiger partial charge on any atom is -0.497 e. The van der Waals surface area contributed by atoms with E-state index >= 15 is 0 Å². The normalized spacial score (nSPS) is 10.7. The van der Waals surface area contributed by atoms with Crippen LogP contribution in [0.3, 0.4) is 0 Å². The molecule has 0 fully saturated rings. The molecule has 0 spiro atoms. The van der Waals surface area contributed by atoms with Gasteiger partial charge in [-0.2, -0.15) is 5.10 Å². The van der Waals surface area contributed by atoms with Crippen LogP contribution < -0.4 is 4.74 Å². The molecule has 128 valence electrons. The van der Waals surface area contributed by atoms with Crippen LogP contribution in [0.1, 0.15) is 0 Å². The van der Waals surface area contributed by atoms with Crippen molar-refractivity contribution < 1.29 is 4.74 Å². The molecule has 0 bridgehead atoms. The summed E-state index contributed by atoms with van der Waals surface area (Å²) in [6, 6.07) is 26.2. The number of para-hydroxylation sites is 1. The molecule has 1 heterocycles. The molecule has 0 aliphatic carbocycles. The molecule has 0 N–H and O–H groups in total. The Morgan fingerprint density at radius 2 is 1.50 bits per heavy atom. The average molecular weight is 361 g/mol. The van der Waals surface area contributed by atoms with Crippen molar-refractivity contribution in [3.05, 3.63) is 90.1 Å². The summed E-state index contributed by atoms with van der Waals surface area (Å²) in [6.45, 7) is 0. The highest BCUT2D eigenvalue weighted by molar-refractivity contribution is 6.33. The summed E-state index contributed by atoms with van der Waals surface area (Å²) in [5, 5.41) is 5.17. The fourth-order valence-electron chi connectivity index (χ4n) is 3.04. The maximum atomic E-state index is 6.47. The van der Waals surface area contributed by atoms with Crippen LogP contribution in [0, 0.1) is 0 Å². The largest absolute Gasteiger partial charge is 0.497 e. The van der Waals surface area contributed by atoms with Gasteiger partial charge in [-0.25, -0.2) is 4.68 Å². The molecule has 26 heavy (non-hydrogen) atoms. The second kappa shape index (κ2) is 7.06. The van der Waals surface area contributed by atoms with E-state index in [2.05, 4.69) is 17.2 Å². The zero-order valence-electron chi connectivity index (χ0n) is 14.3. The third kappa shape index (κ3) is 2.98. The predicted octanol–water partition coefficient (Wildman–Crippen LogP) is 5.87. The van der Waals surface area contributed by atoms with Gasteiger partial charge < -0.3 is 4.74 Å². The Hall–Kier alpha value is -3.04. The smallest absolute Gasteiger partial charge is 0.118 e. The molecule has 4 heteroatoms. The lowest BCUT2D eigenvalue weighted by atomic mass is 10.0. The molecule has 1 aromatic heterocycles. The van der Waals surface area contributed by atoms with Gasteiger partial charge in [0.1, 0.15) is 5.75 Å². The van der Waals surface area contributed by atoms with Gasteiger partial charge in [0.25, 0.3) is 0 Å². The van der Waals surface area contributed by atoms with Crippen molar-refractivity contribution in [2.24, 2.45) is 0 Å². The first-order chi connectivity index (χ1) is 12.8. The summed E-state index contributed by atoms with van der Waals surface area (Å²) in [5.74, 6) is 0.832. The number of nitrogens with zero attached hydrogens (tertiary/aromatic N) is 2. The molecule has 0 radical (unpaired) electrons. The molecule has 0 atom stereocenters. The van der Waals surface area contributed by atoms with E-state index in [0.717, 1.165) is 33.8 Å². The van der Waals surface area contributed by atoms with Crippen molar-refractivity contribution in [1.29, 1.82) is 0 Å². The molecular formula is C22H17ClN2O. The summed E-state index contributed by atoms with van der Waals surface area (Å²) >= 11 is 6.47. The molecular weight excluding hydrogens is 344 g/mol. The number of ether oxygens (including phenoxy) is 1. The number of benzene rings is 3. The number of rotatable bonds is 4. The van der Waals surface area contributed by atoms with Crippen LogP contribution in [-0.4, -0.2) is 16.9 Å². The monoisotopic (exact) mass is 360 g/mol. The molecule has 4 aromatic rings. The Kier molecular flexibility index (Phi) is 4.46. The van der Waals surface area contributed by atoms with Crippen LogP contribution in [0.2, 0.25) is 5.02 Å². The van der Waals surface area contributed by atoms with Gasteiger partial charge in [0, 0.05) is 11.1 Å². The SMILES string of the molecule is COc1ccc(-c2ccccc2-n2ncc(Cl)c2-c2ccccc2)cc1. The molecule has 0 saturated heterocycles. The fraction of sp³-hybridized carbons (Fsp3) is 0.0455. The highest BCUT2D eigenvalue weighted by atomic mass is 35.5. The third-order valence-electron chi connectivity index (χ3n) is 4.31. The molecule has 0 amide bonds. The Morgan fingerprint density at radius 3 is 2.23 bits per heavy atom. The third-order valence-corrected chi connectivity index (χ3v) is 4.58. The van der Waals surface area contributed by atoms with Crippen LogP contribution in [-0.2, 0) is 0 Å². The number of methoxy groups -OCH3 is 1. The molecule has 3 aromatic carbocycles. The van der Waals surface area contributed by atoms with Gasteiger partial charge in [-0.1, -0.05) is 72.3 Å². The summed E-state index contributed by atoms with van der Waals surface area (Å²) in [6.07, 6.45) is 1.69. The zero-order valence-corrected chi connectivity index (χ0v) is 15.0. The maximum absolute atomic E-state index is 6.47. The highest BCUT2D eigenvalue weighted by Crippen LogP contribution is 2.34. The van der Waals surface area contributed by atoms with Gasteiger partial charge >= 0.3 is 0 Å². The lowest BCUT2D eigenvalue weighted by Gasteiger charge is -2.14. The maximum Gasteiger partial charge on any atom is 0.118 e. The Labute approximate surface area is 157 Å². The minimum atomic E-state index is 0.626. The summed E-state index contributed by atoms with van der Waals surface area (Å²) in [4.78, 5) is 0. The molecule has 0 saturated carbocycles. The minimum absolute atomic E-state index is 0.626. The first-order valence-electron chi connectivity index (χ1n) is 8.30. The Morgan fingerprint density at radius 1 is 0.808 bits per heavy atom. The van der Waals surface area contributed by atoms with E-state index in [1.165, 1.54) is 0 Å². The Bertz CT molecular complexity index is 1020. The molecule has 0 aliphatic rings. The van der Waals surface area contributed by atoms with E-state index < -0.39 is 0 Å². The second-order valence-electron chi connectivity index (χ2n) is 5.86. The van der Waals surface area contributed by atoms with E-state index in [1.54, 1.807) is 13.3 Å². The van der Waals surface area contributed by atoms with Crippen molar-refractivity contribution in [2.75, 3.05) is 7.11 Å². The summed E-state index contributed by atoms with van der Waals surface area (Å²) in [7, 11) is 1.67. The van der Waals surface area contributed by atoms with E-state index in [-0.39, 0.29) is 0 Å². The van der Waals surface area contributed by atoms with Gasteiger partial charge in [-0.3, -0.25) is 0 Å². The number of hydrogen-bond donors (Lipinski definition) is 0. The lowest BCUT2D eigenvalue weighted by Crippen LogP contribution is -2.01. The van der Waals surface area contributed by atoms with E-state index in [1.807, 2.05) is 71.4 Å². The average Bonchev–Trinajstić information content (AvgIpc) is 3.10. The summed E-state index contributed by atoms with van der Waals surface area (Å²) in [5.41, 5.74) is 5.05. The number of hydrogen-bond acceptors (Lipinski definition) is 2. The van der Waals surface area contributed by atoms with E-state index in [0.29, 0.717) is 5.02 Å². The lowest BCUT2D eigenvalue weighted by molar-refractivity contribution is 0.415. The molecule has 4 rings (SSSR count). The van der Waals surface area contributed by atoms with Crippen LogP contribution in [0.4, 0.5) is 0 Å². The molecule has 0 unspecified atom stereocenters. The van der Waals surface area contributed by atoms with Crippen molar-refractivity contribution in [1.82, 2.24) is 9.78 Å². The van der Waals surface area contributed by atoms with Crippen LogP contribution in [0.5, 0.6) is 5.75 Å². The van der Waals surface area contributed by atoms with Crippen LogP contribution in [0.15, 0.2) is 85.1 Å². The first kappa shape index (κ1) is 16.4. The topological polar surface area (TPSA) is 27.1 Å². The molecule has 3 nitrogen and oxygen atoms in total.